The zero-order valence-electron chi connectivity index (χ0n) is 10.1. The highest BCUT2D eigenvalue weighted by molar-refractivity contribution is 7.45. The van der Waals surface area contributed by atoms with E-state index in [9.17, 15) is 28.2 Å². The fraction of sp³-hybridized carbons (Fsp3) is 0.889. The number of nitrogens with one attached hydrogen (secondary N) is 1. The molecule has 0 aromatic rings. The molecule has 0 bridgehead atoms. The molecule has 20 heavy (non-hydrogen) atoms. The normalized spacial score (nSPS) is 31.4. The molecule has 0 saturated carbocycles. The molecule has 0 radical (unpaired) electrons. The molecule has 11 heteroatoms. The van der Waals surface area contributed by atoms with Crippen molar-refractivity contribution in [1.29, 1.82) is 0 Å². The molecule has 4 atom stereocenters. The van der Waals surface area contributed by atoms with Gasteiger partial charge in [-0.25, -0.2) is 0 Å². The Bertz CT molecular complexity index is 330. The van der Waals surface area contributed by atoms with Crippen molar-refractivity contribution < 1.29 is 42.7 Å². The molecule has 118 valence electrons. The summed E-state index contributed by atoms with van der Waals surface area (Å²) in [7, 11) is -2.16. The van der Waals surface area contributed by atoms with E-state index in [0.717, 1.165) is 0 Å². The van der Waals surface area contributed by atoms with Gasteiger partial charge in [-0.15, -0.1) is 0 Å². The van der Waals surface area contributed by atoms with Crippen molar-refractivity contribution >= 4 is 14.3 Å². The molecule has 1 rings (SSSR count). The number of hydrogen-bond acceptors (Lipinski definition) is 6. The molecular formula is C9H15F3NO6P. The quantitative estimate of drug-likeness (QED) is 0.432. The summed E-state index contributed by atoms with van der Waals surface area (Å²) >= 11 is 0. The van der Waals surface area contributed by atoms with Gasteiger partial charge in [-0.3, -0.25) is 4.79 Å². The fourth-order valence-corrected chi connectivity index (χ4v) is 2.31. The number of rotatable bonds is 4. The summed E-state index contributed by atoms with van der Waals surface area (Å²) in [6.07, 6.45) is -9.13. The molecule has 1 fully saturated rings. The van der Waals surface area contributed by atoms with Gasteiger partial charge in [-0.05, 0) is 6.42 Å². The fourth-order valence-electron chi connectivity index (χ4n) is 1.79. The van der Waals surface area contributed by atoms with Crippen LogP contribution in [0.4, 0.5) is 13.2 Å². The van der Waals surface area contributed by atoms with Gasteiger partial charge in [-0.2, -0.15) is 13.2 Å². The largest absolute Gasteiger partial charge is 0.471 e. The minimum Gasteiger partial charge on any atom is -0.391 e. The van der Waals surface area contributed by atoms with Gasteiger partial charge in [0.05, 0.1) is 12.2 Å². The van der Waals surface area contributed by atoms with Crippen molar-refractivity contribution in [1.82, 2.24) is 5.32 Å². The third-order valence-electron chi connectivity index (χ3n) is 2.76. The highest BCUT2D eigenvalue weighted by atomic mass is 31.2. The predicted octanol–water partition coefficient (Wildman–Crippen LogP) is -0.812. The molecule has 0 aliphatic carbocycles. The van der Waals surface area contributed by atoms with E-state index in [-0.39, 0.29) is 19.0 Å². The van der Waals surface area contributed by atoms with Gasteiger partial charge >= 0.3 is 12.1 Å². The summed E-state index contributed by atoms with van der Waals surface area (Å²) in [5, 5.41) is 20.6. The average Bonchev–Trinajstić information content (AvgIpc) is 2.29. The van der Waals surface area contributed by atoms with Crippen molar-refractivity contribution in [3.63, 3.8) is 0 Å². The Morgan fingerprint density at radius 3 is 2.40 bits per heavy atom. The standard InChI is InChI=1S/C9H15F3NO6P/c10-9(11,12)8(16)13-6-5(14)3-4(19-7(6)15)1-2-20(17)18/h4-7,14-15,17-18H,1-3H2,(H,13,16). The van der Waals surface area contributed by atoms with Crippen LogP contribution in [0.15, 0.2) is 0 Å². The highest BCUT2D eigenvalue weighted by Crippen LogP contribution is 2.29. The number of amides is 1. The van der Waals surface area contributed by atoms with Crippen LogP contribution >= 0.6 is 8.38 Å². The summed E-state index contributed by atoms with van der Waals surface area (Å²) in [6, 6.07) is -1.59. The van der Waals surface area contributed by atoms with E-state index in [1.54, 1.807) is 0 Å². The molecule has 1 saturated heterocycles. The van der Waals surface area contributed by atoms with Gasteiger partial charge in [0.25, 0.3) is 0 Å². The van der Waals surface area contributed by atoms with E-state index in [0.29, 0.717) is 0 Å². The van der Waals surface area contributed by atoms with Gasteiger partial charge in [0.1, 0.15) is 6.04 Å². The Kier molecular flexibility index (Phi) is 6.11. The molecular weight excluding hydrogens is 306 g/mol. The van der Waals surface area contributed by atoms with Gasteiger partial charge in [0, 0.05) is 12.6 Å². The molecule has 7 nitrogen and oxygen atoms in total. The Morgan fingerprint density at radius 2 is 1.95 bits per heavy atom. The Hall–Kier alpha value is -0.510. The Labute approximate surface area is 113 Å². The Balaban J connectivity index is 2.55. The minimum atomic E-state index is -5.13. The van der Waals surface area contributed by atoms with E-state index < -0.39 is 45.0 Å². The minimum absolute atomic E-state index is 0.0149. The van der Waals surface area contributed by atoms with Crippen LogP contribution in [0.5, 0.6) is 0 Å². The number of carbonyl (C=O) groups excluding carboxylic acids is 1. The lowest BCUT2D eigenvalue weighted by atomic mass is 9.98. The third-order valence-corrected chi connectivity index (χ3v) is 3.42. The zero-order valence-corrected chi connectivity index (χ0v) is 11.0. The van der Waals surface area contributed by atoms with Crippen molar-refractivity contribution in [3.05, 3.63) is 0 Å². The maximum atomic E-state index is 12.1. The SMILES string of the molecule is O=C(NC1C(O)CC(CCP(O)O)OC1O)C(F)(F)F. The van der Waals surface area contributed by atoms with Gasteiger partial charge < -0.3 is 30.1 Å². The molecule has 1 heterocycles. The second-order valence-electron chi connectivity index (χ2n) is 4.33. The first kappa shape index (κ1) is 17.5. The van der Waals surface area contributed by atoms with Crippen LogP contribution in [-0.2, 0) is 9.53 Å². The summed E-state index contributed by atoms with van der Waals surface area (Å²) in [6.45, 7) is 0. The van der Waals surface area contributed by atoms with Gasteiger partial charge in [-0.1, -0.05) is 0 Å². The van der Waals surface area contributed by atoms with Crippen LogP contribution in [-0.4, -0.2) is 62.8 Å². The van der Waals surface area contributed by atoms with Crippen LogP contribution < -0.4 is 5.32 Å². The second-order valence-corrected chi connectivity index (χ2v) is 5.53. The molecule has 0 aromatic carbocycles. The molecule has 1 aliphatic heterocycles. The smallest absolute Gasteiger partial charge is 0.391 e. The second kappa shape index (κ2) is 6.97. The number of hydrogen-bond donors (Lipinski definition) is 5. The first-order valence-corrected chi connectivity index (χ1v) is 7.09. The monoisotopic (exact) mass is 321 g/mol. The number of aliphatic hydroxyl groups is 2. The van der Waals surface area contributed by atoms with Crippen molar-refractivity contribution in [2.75, 3.05) is 6.16 Å². The molecule has 5 N–H and O–H groups in total. The van der Waals surface area contributed by atoms with E-state index in [1.165, 1.54) is 5.32 Å². The van der Waals surface area contributed by atoms with E-state index in [4.69, 9.17) is 14.5 Å². The number of carbonyl (C=O) groups is 1. The van der Waals surface area contributed by atoms with Crippen molar-refractivity contribution in [2.24, 2.45) is 0 Å². The summed E-state index contributed by atoms with van der Waals surface area (Å²) in [5.41, 5.74) is 0. The predicted molar refractivity (Wildman–Crippen MR) is 60.3 cm³/mol. The van der Waals surface area contributed by atoms with E-state index in [1.807, 2.05) is 0 Å². The van der Waals surface area contributed by atoms with Crippen molar-refractivity contribution in [2.45, 2.75) is 43.6 Å². The van der Waals surface area contributed by atoms with Crippen LogP contribution in [0.1, 0.15) is 12.8 Å². The summed E-state index contributed by atoms with van der Waals surface area (Å²) < 4.78 is 41.2. The first-order valence-electron chi connectivity index (χ1n) is 5.66. The van der Waals surface area contributed by atoms with Crippen LogP contribution in [0.2, 0.25) is 0 Å². The zero-order chi connectivity index (χ0) is 15.5. The molecule has 4 unspecified atom stereocenters. The van der Waals surface area contributed by atoms with Crippen LogP contribution in [0.25, 0.3) is 0 Å². The molecule has 1 amide bonds. The number of halogens is 3. The average molecular weight is 321 g/mol. The van der Waals surface area contributed by atoms with Gasteiger partial charge in [0.15, 0.2) is 14.7 Å². The maximum Gasteiger partial charge on any atom is 0.471 e. The Morgan fingerprint density at radius 1 is 1.35 bits per heavy atom. The number of alkyl halides is 3. The number of ether oxygens (including phenoxy) is 1. The topological polar surface area (TPSA) is 119 Å². The maximum absolute atomic E-state index is 12.1. The summed E-state index contributed by atoms with van der Waals surface area (Å²) in [4.78, 5) is 28.2. The lowest BCUT2D eigenvalue weighted by molar-refractivity contribution is -0.214. The summed E-state index contributed by atoms with van der Waals surface area (Å²) in [5.74, 6) is -2.28. The van der Waals surface area contributed by atoms with Crippen molar-refractivity contribution in [3.8, 4) is 0 Å². The molecule has 0 aromatic heterocycles. The lowest BCUT2D eigenvalue weighted by Gasteiger charge is -2.37. The first-order chi connectivity index (χ1) is 9.11. The van der Waals surface area contributed by atoms with Crippen LogP contribution in [0.3, 0.4) is 0 Å². The van der Waals surface area contributed by atoms with Crippen LogP contribution in [0, 0.1) is 0 Å². The van der Waals surface area contributed by atoms with Gasteiger partial charge in [0.2, 0.25) is 0 Å². The number of aliphatic hydroxyl groups excluding tert-OH is 2. The lowest BCUT2D eigenvalue weighted by Crippen LogP contribution is -2.59. The highest BCUT2D eigenvalue weighted by Gasteiger charge is 2.44. The van der Waals surface area contributed by atoms with E-state index >= 15 is 0 Å². The molecule has 1 aliphatic rings. The third kappa shape index (κ3) is 5.12. The molecule has 0 spiro atoms. The van der Waals surface area contributed by atoms with E-state index in [2.05, 4.69) is 0 Å².